The van der Waals surface area contributed by atoms with E-state index in [2.05, 4.69) is 70.4 Å². The topological polar surface area (TPSA) is 52.7 Å². The number of thioether (sulfide) groups is 1. The smallest absolute Gasteiger partial charge is 0.0858 e. The molecule has 0 saturated heterocycles. The molecular formula is C26H31N5S. The summed E-state index contributed by atoms with van der Waals surface area (Å²) in [7, 11) is 0. The van der Waals surface area contributed by atoms with Crippen LogP contribution in [0.25, 0.3) is 0 Å². The van der Waals surface area contributed by atoms with Crippen molar-refractivity contribution in [3.8, 4) is 0 Å². The van der Waals surface area contributed by atoms with Crippen LogP contribution in [0.15, 0.2) is 98.1 Å². The number of hydrogen-bond acceptors (Lipinski definition) is 6. The summed E-state index contributed by atoms with van der Waals surface area (Å²) in [6, 6.07) is 24.0. The molecule has 0 aromatic heterocycles. The standard InChI is InChI=1S/C26H31N5S/c1-4-7-20-32-26-18-14-24(15-19-26)30-28-22-10-8-21(9-11-22)27-29-23-12-16-25(17-13-23)31(5-2)6-3/h8-19H,4-7,20H2,1-3H3. The molecule has 3 aromatic rings. The van der Waals surface area contributed by atoms with Gasteiger partial charge in [-0.25, -0.2) is 0 Å². The SMILES string of the molecule is CCCCSc1ccc(N=Nc2ccc(N=Nc3ccc(N(CC)CC)cc3)cc2)cc1. The van der Waals surface area contributed by atoms with E-state index in [1.54, 1.807) is 0 Å². The van der Waals surface area contributed by atoms with Crippen LogP contribution in [0.2, 0.25) is 0 Å². The van der Waals surface area contributed by atoms with E-state index in [-0.39, 0.29) is 0 Å². The lowest BCUT2D eigenvalue weighted by Crippen LogP contribution is -2.21. The van der Waals surface area contributed by atoms with Crippen molar-refractivity contribution in [3.05, 3.63) is 72.8 Å². The third kappa shape index (κ3) is 7.31. The van der Waals surface area contributed by atoms with Crippen LogP contribution in [0.3, 0.4) is 0 Å². The normalized spacial score (nSPS) is 11.5. The van der Waals surface area contributed by atoms with Gasteiger partial charge in [0, 0.05) is 23.7 Å². The van der Waals surface area contributed by atoms with Crippen LogP contribution in [0.1, 0.15) is 33.6 Å². The molecule has 0 unspecified atom stereocenters. The fraction of sp³-hybridized carbons (Fsp3) is 0.308. The highest BCUT2D eigenvalue weighted by atomic mass is 32.2. The lowest BCUT2D eigenvalue weighted by atomic mass is 10.2. The maximum atomic E-state index is 4.34. The zero-order valence-corrected chi connectivity index (χ0v) is 19.9. The lowest BCUT2D eigenvalue weighted by Gasteiger charge is -2.20. The zero-order chi connectivity index (χ0) is 22.6. The molecule has 5 nitrogen and oxygen atoms in total. The Bertz CT molecular complexity index is 992. The van der Waals surface area contributed by atoms with Crippen molar-refractivity contribution in [2.24, 2.45) is 20.5 Å². The highest BCUT2D eigenvalue weighted by Crippen LogP contribution is 2.26. The van der Waals surface area contributed by atoms with Crippen LogP contribution < -0.4 is 4.90 Å². The van der Waals surface area contributed by atoms with Crippen molar-refractivity contribution in [1.29, 1.82) is 0 Å². The number of unbranched alkanes of at least 4 members (excludes halogenated alkanes) is 1. The molecule has 0 fully saturated rings. The van der Waals surface area contributed by atoms with Crippen molar-refractivity contribution >= 4 is 40.2 Å². The number of rotatable bonds is 11. The molecule has 0 bridgehead atoms. The molecule has 166 valence electrons. The second-order valence-corrected chi connectivity index (χ2v) is 8.47. The summed E-state index contributed by atoms with van der Waals surface area (Å²) in [6.45, 7) is 8.51. The minimum Gasteiger partial charge on any atom is -0.372 e. The van der Waals surface area contributed by atoms with Crippen molar-refractivity contribution in [1.82, 2.24) is 0 Å². The summed E-state index contributed by atoms with van der Waals surface area (Å²) >= 11 is 1.88. The molecule has 0 N–H and O–H groups in total. The van der Waals surface area contributed by atoms with Crippen LogP contribution in [-0.4, -0.2) is 18.8 Å². The Kier molecular flexibility index (Phi) is 9.44. The van der Waals surface area contributed by atoms with Crippen molar-refractivity contribution < 1.29 is 0 Å². The van der Waals surface area contributed by atoms with E-state index in [1.165, 1.54) is 23.4 Å². The maximum Gasteiger partial charge on any atom is 0.0858 e. The van der Waals surface area contributed by atoms with Gasteiger partial charge in [0.05, 0.1) is 22.7 Å². The van der Waals surface area contributed by atoms with Crippen LogP contribution in [0.5, 0.6) is 0 Å². The average Bonchev–Trinajstić information content (AvgIpc) is 2.84. The van der Waals surface area contributed by atoms with Gasteiger partial charge in [-0.15, -0.1) is 11.8 Å². The van der Waals surface area contributed by atoms with Gasteiger partial charge in [-0.1, -0.05) is 13.3 Å². The van der Waals surface area contributed by atoms with E-state index in [4.69, 9.17) is 0 Å². The first kappa shape index (κ1) is 23.7. The molecule has 0 aliphatic heterocycles. The summed E-state index contributed by atoms with van der Waals surface area (Å²) in [4.78, 5) is 3.57. The number of anilines is 1. The van der Waals surface area contributed by atoms with Crippen molar-refractivity contribution in [3.63, 3.8) is 0 Å². The van der Waals surface area contributed by atoms with Gasteiger partial charge in [0.25, 0.3) is 0 Å². The Labute approximate surface area is 195 Å². The molecule has 0 atom stereocenters. The van der Waals surface area contributed by atoms with Crippen LogP contribution in [0, 0.1) is 0 Å². The monoisotopic (exact) mass is 445 g/mol. The number of benzene rings is 3. The van der Waals surface area contributed by atoms with E-state index in [9.17, 15) is 0 Å². The molecule has 0 saturated carbocycles. The highest BCUT2D eigenvalue weighted by molar-refractivity contribution is 7.99. The van der Waals surface area contributed by atoms with Gasteiger partial charge in [-0.05, 0) is 98.8 Å². The van der Waals surface area contributed by atoms with Crippen LogP contribution in [0.4, 0.5) is 28.4 Å². The fourth-order valence-electron chi connectivity index (χ4n) is 3.08. The van der Waals surface area contributed by atoms with E-state index < -0.39 is 0 Å². The molecule has 0 spiro atoms. The molecule has 0 heterocycles. The first-order valence-corrected chi connectivity index (χ1v) is 12.2. The van der Waals surface area contributed by atoms with Gasteiger partial charge < -0.3 is 4.90 Å². The quantitative estimate of drug-likeness (QED) is 0.168. The predicted molar refractivity (Wildman–Crippen MR) is 137 cm³/mol. The second-order valence-electron chi connectivity index (χ2n) is 7.30. The predicted octanol–water partition coefficient (Wildman–Crippen LogP) is 9.26. The Morgan fingerprint density at radius 1 is 0.594 bits per heavy atom. The van der Waals surface area contributed by atoms with Crippen molar-refractivity contribution in [2.75, 3.05) is 23.7 Å². The average molecular weight is 446 g/mol. The van der Waals surface area contributed by atoms with Gasteiger partial charge in [-0.3, -0.25) is 0 Å². The summed E-state index contributed by atoms with van der Waals surface area (Å²) in [6.07, 6.45) is 2.47. The van der Waals surface area contributed by atoms with Crippen LogP contribution in [-0.2, 0) is 0 Å². The molecule has 0 aliphatic rings. The summed E-state index contributed by atoms with van der Waals surface area (Å²) in [5.41, 5.74) is 4.45. The van der Waals surface area contributed by atoms with E-state index >= 15 is 0 Å². The summed E-state index contributed by atoms with van der Waals surface area (Å²) < 4.78 is 0. The fourth-order valence-corrected chi connectivity index (χ4v) is 4.08. The molecular weight excluding hydrogens is 414 g/mol. The molecule has 3 aromatic carbocycles. The van der Waals surface area contributed by atoms with E-state index in [0.717, 1.165) is 41.6 Å². The molecule has 6 heteroatoms. The summed E-state index contributed by atoms with van der Waals surface area (Å²) in [5.74, 6) is 1.16. The first-order chi connectivity index (χ1) is 15.7. The largest absolute Gasteiger partial charge is 0.372 e. The maximum absolute atomic E-state index is 4.34. The summed E-state index contributed by atoms with van der Waals surface area (Å²) in [5, 5.41) is 17.3. The first-order valence-electron chi connectivity index (χ1n) is 11.2. The zero-order valence-electron chi connectivity index (χ0n) is 19.1. The van der Waals surface area contributed by atoms with Crippen LogP contribution >= 0.6 is 11.8 Å². The number of azo groups is 2. The van der Waals surface area contributed by atoms with Gasteiger partial charge in [0.1, 0.15) is 0 Å². The highest BCUT2D eigenvalue weighted by Gasteiger charge is 2.01. The Morgan fingerprint density at radius 3 is 1.41 bits per heavy atom. The second kappa shape index (κ2) is 12.8. The third-order valence-corrected chi connectivity index (χ3v) is 6.09. The Hall–Kier alpha value is -2.99. The van der Waals surface area contributed by atoms with E-state index in [1.807, 2.05) is 60.3 Å². The number of nitrogens with zero attached hydrogens (tertiary/aromatic N) is 5. The lowest BCUT2D eigenvalue weighted by molar-refractivity contribution is 0.866. The van der Waals surface area contributed by atoms with Gasteiger partial charge in [0.2, 0.25) is 0 Å². The molecule has 0 amide bonds. The molecule has 3 rings (SSSR count). The minimum atomic E-state index is 0.783. The Balaban J connectivity index is 1.55. The Morgan fingerprint density at radius 2 is 1.00 bits per heavy atom. The van der Waals surface area contributed by atoms with Crippen molar-refractivity contribution in [2.45, 2.75) is 38.5 Å². The van der Waals surface area contributed by atoms with Gasteiger partial charge >= 0.3 is 0 Å². The molecule has 0 radical (unpaired) electrons. The van der Waals surface area contributed by atoms with E-state index in [0.29, 0.717) is 0 Å². The third-order valence-electron chi connectivity index (χ3n) is 4.99. The molecule has 0 aliphatic carbocycles. The van der Waals surface area contributed by atoms with Gasteiger partial charge in [-0.2, -0.15) is 20.5 Å². The number of hydrogen-bond donors (Lipinski definition) is 0. The van der Waals surface area contributed by atoms with Gasteiger partial charge in [0.15, 0.2) is 0 Å². The molecule has 32 heavy (non-hydrogen) atoms. The minimum absolute atomic E-state index is 0.783.